The van der Waals surface area contributed by atoms with Crippen LogP contribution in [0.4, 0.5) is 0 Å². The van der Waals surface area contributed by atoms with Crippen molar-refractivity contribution < 1.29 is 14.3 Å². The predicted octanol–water partition coefficient (Wildman–Crippen LogP) is 2.83. The number of carbonyl (C=O) groups is 1. The fraction of sp³-hybridized carbons (Fsp3) is 0.235. The maximum absolute atomic E-state index is 11.2. The third kappa shape index (κ3) is 4.61. The molecule has 0 unspecified atom stereocenters. The summed E-state index contributed by atoms with van der Waals surface area (Å²) in [6, 6.07) is 17.1. The molecule has 0 aliphatic carbocycles. The van der Waals surface area contributed by atoms with Gasteiger partial charge in [0, 0.05) is 6.04 Å². The number of ether oxygens (including phenoxy) is 2. The molecule has 2 N–H and O–H groups in total. The second-order valence-electron chi connectivity index (χ2n) is 4.73. The molecule has 0 saturated carbocycles. The summed E-state index contributed by atoms with van der Waals surface area (Å²) < 4.78 is 10.3. The van der Waals surface area contributed by atoms with Gasteiger partial charge in [-0.25, -0.2) is 0 Å². The molecule has 0 spiro atoms. The Balaban J connectivity index is 1.91. The van der Waals surface area contributed by atoms with Crippen molar-refractivity contribution in [2.24, 2.45) is 5.73 Å². The fourth-order valence-corrected chi connectivity index (χ4v) is 1.93. The molecule has 2 rings (SSSR count). The number of rotatable bonds is 6. The van der Waals surface area contributed by atoms with E-state index in [1.807, 2.05) is 54.6 Å². The molecule has 21 heavy (non-hydrogen) atoms. The van der Waals surface area contributed by atoms with Gasteiger partial charge >= 0.3 is 5.97 Å². The molecule has 2 aromatic rings. The van der Waals surface area contributed by atoms with E-state index in [2.05, 4.69) is 4.74 Å². The zero-order valence-corrected chi connectivity index (χ0v) is 12.0. The largest absolute Gasteiger partial charge is 0.489 e. The Morgan fingerprint density at radius 1 is 1.10 bits per heavy atom. The molecule has 2 aromatic carbocycles. The molecule has 0 aliphatic heterocycles. The highest BCUT2D eigenvalue weighted by Gasteiger charge is 2.11. The average Bonchev–Trinajstić information content (AvgIpc) is 2.54. The van der Waals surface area contributed by atoms with E-state index in [1.165, 1.54) is 7.11 Å². The van der Waals surface area contributed by atoms with Crippen LogP contribution in [0.15, 0.2) is 54.6 Å². The minimum Gasteiger partial charge on any atom is -0.489 e. The smallest absolute Gasteiger partial charge is 0.307 e. The highest BCUT2D eigenvalue weighted by atomic mass is 16.5. The Morgan fingerprint density at radius 2 is 1.76 bits per heavy atom. The number of carbonyl (C=O) groups excluding carboxylic acids is 1. The van der Waals surface area contributed by atoms with E-state index >= 15 is 0 Å². The molecular formula is C17H19NO3. The summed E-state index contributed by atoms with van der Waals surface area (Å²) in [5, 5.41) is 0. The Labute approximate surface area is 124 Å². The van der Waals surface area contributed by atoms with Crippen LogP contribution >= 0.6 is 0 Å². The lowest BCUT2D eigenvalue weighted by Gasteiger charge is -2.12. The lowest BCUT2D eigenvalue weighted by Crippen LogP contribution is -2.16. The molecule has 4 nitrogen and oxygen atoms in total. The molecule has 4 heteroatoms. The average molecular weight is 285 g/mol. The minimum atomic E-state index is -0.361. The Hall–Kier alpha value is -2.33. The van der Waals surface area contributed by atoms with Crippen molar-refractivity contribution in [3.8, 4) is 5.75 Å². The lowest BCUT2D eigenvalue weighted by molar-refractivity contribution is -0.141. The maximum Gasteiger partial charge on any atom is 0.307 e. The van der Waals surface area contributed by atoms with Crippen LogP contribution in [0.5, 0.6) is 5.75 Å². The molecule has 1 atom stereocenters. The monoisotopic (exact) mass is 285 g/mol. The van der Waals surface area contributed by atoms with E-state index in [0.29, 0.717) is 6.61 Å². The first-order valence-corrected chi connectivity index (χ1v) is 6.78. The van der Waals surface area contributed by atoms with Crippen molar-refractivity contribution in [1.29, 1.82) is 0 Å². The van der Waals surface area contributed by atoms with Crippen molar-refractivity contribution in [1.82, 2.24) is 0 Å². The van der Waals surface area contributed by atoms with E-state index in [4.69, 9.17) is 10.5 Å². The van der Waals surface area contributed by atoms with Gasteiger partial charge in [0.15, 0.2) is 0 Å². The summed E-state index contributed by atoms with van der Waals surface area (Å²) in [5.41, 5.74) is 7.94. The van der Waals surface area contributed by atoms with Gasteiger partial charge in [0.1, 0.15) is 12.4 Å². The topological polar surface area (TPSA) is 61.5 Å². The molecule has 0 radical (unpaired) electrons. The van der Waals surface area contributed by atoms with Gasteiger partial charge in [-0.05, 0) is 23.3 Å². The second kappa shape index (κ2) is 7.45. The van der Waals surface area contributed by atoms with Crippen molar-refractivity contribution in [2.75, 3.05) is 7.11 Å². The summed E-state index contributed by atoms with van der Waals surface area (Å²) in [5.74, 6) is 0.458. The maximum atomic E-state index is 11.2. The van der Waals surface area contributed by atoms with Crippen LogP contribution in [-0.2, 0) is 16.1 Å². The van der Waals surface area contributed by atoms with Gasteiger partial charge in [0.05, 0.1) is 13.5 Å². The van der Waals surface area contributed by atoms with Gasteiger partial charge < -0.3 is 15.2 Å². The first kappa shape index (κ1) is 15.1. The zero-order chi connectivity index (χ0) is 15.1. The number of benzene rings is 2. The molecule has 0 aromatic heterocycles. The van der Waals surface area contributed by atoms with Crippen LogP contribution in [0.1, 0.15) is 23.6 Å². The van der Waals surface area contributed by atoms with E-state index in [1.54, 1.807) is 0 Å². The van der Waals surface area contributed by atoms with Crippen LogP contribution in [0.25, 0.3) is 0 Å². The summed E-state index contributed by atoms with van der Waals surface area (Å²) in [7, 11) is 1.36. The number of hydrogen-bond donors (Lipinski definition) is 1. The summed E-state index contributed by atoms with van der Waals surface area (Å²) in [6.07, 6.45) is 0.167. The molecule has 0 amide bonds. The van der Waals surface area contributed by atoms with Crippen LogP contribution in [0, 0.1) is 0 Å². The molecule has 0 bridgehead atoms. The Morgan fingerprint density at radius 3 is 2.38 bits per heavy atom. The first-order chi connectivity index (χ1) is 10.2. The molecule has 110 valence electrons. The molecule has 0 heterocycles. The zero-order valence-electron chi connectivity index (χ0n) is 12.0. The van der Waals surface area contributed by atoms with E-state index in [0.717, 1.165) is 16.9 Å². The second-order valence-corrected chi connectivity index (χ2v) is 4.73. The molecule has 0 aliphatic rings. The predicted molar refractivity (Wildman–Crippen MR) is 80.8 cm³/mol. The fourth-order valence-electron chi connectivity index (χ4n) is 1.93. The molecular weight excluding hydrogens is 266 g/mol. The number of nitrogens with two attached hydrogens (primary N) is 1. The molecule has 0 fully saturated rings. The van der Waals surface area contributed by atoms with Crippen LogP contribution in [-0.4, -0.2) is 13.1 Å². The normalized spacial score (nSPS) is 11.7. The quantitative estimate of drug-likeness (QED) is 0.829. The van der Waals surface area contributed by atoms with Crippen molar-refractivity contribution in [2.45, 2.75) is 19.1 Å². The molecule has 0 saturated heterocycles. The van der Waals surface area contributed by atoms with Crippen LogP contribution < -0.4 is 10.5 Å². The minimum absolute atomic E-state index is 0.167. The van der Waals surface area contributed by atoms with Crippen molar-refractivity contribution in [3.63, 3.8) is 0 Å². The number of hydrogen-bond acceptors (Lipinski definition) is 4. The van der Waals surface area contributed by atoms with Crippen molar-refractivity contribution in [3.05, 3.63) is 65.7 Å². The van der Waals surface area contributed by atoms with Crippen LogP contribution in [0.2, 0.25) is 0 Å². The summed E-state index contributed by atoms with van der Waals surface area (Å²) in [4.78, 5) is 11.2. The lowest BCUT2D eigenvalue weighted by atomic mass is 10.0. The SMILES string of the molecule is COC(=O)C[C@@H](N)c1ccc(OCc2ccccc2)cc1. The Kier molecular flexibility index (Phi) is 5.35. The first-order valence-electron chi connectivity index (χ1n) is 6.78. The highest BCUT2D eigenvalue weighted by Crippen LogP contribution is 2.19. The van der Waals surface area contributed by atoms with Gasteiger partial charge in [-0.1, -0.05) is 42.5 Å². The third-order valence-corrected chi connectivity index (χ3v) is 3.17. The Bertz CT molecular complexity index is 566. The number of esters is 1. The van der Waals surface area contributed by atoms with Gasteiger partial charge in [-0.3, -0.25) is 4.79 Å². The van der Waals surface area contributed by atoms with Crippen LogP contribution in [0.3, 0.4) is 0 Å². The van der Waals surface area contributed by atoms with E-state index in [-0.39, 0.29) is 18.4 Å². The summed E-state index contributed by atoms with van der Waals surface area (Å²) in [6.45, 7) is 0.522. The third-order valence-electron chi connectivity index (χ3n) is 3.17. The van der Waals surface area contributed by atoms with Gasteiger partial charge in [0.25, 0.3) is 0 Å². The number of methoxy groups -OCH3 is 1. The summed E-state index contributed by atoms with van der Waals surface area (Å²) >= 11 is 0. The van der Waals surface area contributed by atoms with E-state index in [9.17, 15) is 4.79 Å². The van der Waals surface area contributed by atoms with E-state index < -0.39 is 0 Å². The van der Waals surface area contributed by atoms with Gasteiger partial charge in [0.2, 0.25) is 0 Å². The standard InChI is InChI=1S/C17H19NO3/c1-20-17(19)11-16(18)14-7-9-15(10-8-14)21-12-13-5-3-2-4-6-13/h2-10,16H,11-12,18H2,1H3/t16-/m1/s1. The highest BCUT2D eigenvalue weighted by molar-refractivity contribution is 5.70. The van der Waals surface area contributed by atoms with Gasteiger partial charge in [-0.15, -0.1) is 0 Å². The van der Waals surface area contributed by atoms with Gasteiger partial charge in [-0.2, -0.15) is 0 Å². The van der Waals surface area contributed by atoms with Crippen molar-refractivity contribution >= 4 is 5.97 Å².